The quantitative estimate of drug-likeness (QED) is 0.695. The molecule has 1 aliphatic rings. The van der Waals surface area contributed by atoms with Crippen molar-refractivity contribution in [2.75, 3.05) is 0 Å². The minimum absolute atomic E-state index is 0.0519. The maximum Gasteiger partial charge on any atom is 0.109 e. The molecule has 0 saturated heterocycles. The molecular formula is C9H15IN2. The van der Waals surface area contributed by atoms with Gasteiger partial charge >= 0.3 is 0 Å². The predicted molar refractivity (Wildman–Crippen MR) is 59.5 cm³/mol. The number of nitrogens with zero attached hydrogens (tertiary/aromatic N) is 2. The molecule has 3 heteroatoms. The Morgan fingerprint density at radius 2 is 2.08 bits per heavy atom. The first-order valence-electron chi connectivity index (χ1n) is 4.40. The maximum absolute atomic E-state index is 4.23. The summed E-state index contributed by atoms with van der Waals surface area (Å²) in [5.41, 5.74) is 1.14. The van der Waals surface area contributed by atoms with Crippen LogP contribution >= 0.6 is 22.6 Å². The van der Waals surface area contributed by atoms with Gasteiger partial charge in [-0.15, -0.1) is 0 Å². The molecule has 0 aromatic heterocycles. The van der Waals surface area contributed by atoms with Crippen molar-refractivity contribution < 1.29 is 0 Å². The third-order valence-electron chi connectivity index (χ3n) is 1.98. The first kappa shape index (κ1) is 10.2. The van der Waals surface area contributed by atoms with Gasteiger partial charge in [0, 0.05) is 3.58 Å². The fraction of sp³-hybridized carbons (Fsp3) is 0.778. The molecule has 1 heterocycles. The number of halogens is 1. The molecule has 0 bridgehead atoms. The molecule has 0 radical (unpaired) electrons. The van der Waals surface area contributed by atoms with E-state index in [0.29, 0.717) is 0 Å². The zero-order valence-corrected chi connectivity index (χ0v) is 10.1. The Labute approximate surface area is 87.7 Å². The van der Waals surface area contributed by atoms with E-state index >= 15 is 0 Å². The summed E-state index contributed by atoms with van der Waals surface area (Å²) in [7, 11) is 0. The van der Waals surface area contributed by atoms with Gasteiger partial charge in [-0.2, -0.15) is 10.2 Å². The normalized spacial score (nSPS) is 20.7. The van der Waals surface area contributed by atoms with Crippen LogP contribution in [0.4, 0.5) is 0 Å². The summed E-state index contributed by atoms with van der Waals surface area (Å²) in [4.78, 5) is 0. The van der Waals surface area contributed by atoms with Crippen molar-refractivity contribution in [1.82, 2.24) is 0 Å². The Balaban J connectivity index is 2.66. The van der Waals surface area contributed by atoms with E-state index in [9.17, 15) is 0 Å². The lowest BCUT2D eigenvalue weighted by Gasteiger charge is -2.11. The summed E-state index contributed by atoms with van der Waals surface area (Å²) < 4.78 is 1.31. The fourth-order valence-corrected chi connectivity index (χ4v) is 1.62. The Bertz CT molecular complexity index is 229. The van der Waals surface area contributed by atoms with Crippen molar-refractivity contribution >= 4 is 22.6 Å². The lowest BCUT2D eigenvalue weighted by Crippen LogP contribution is -2.12. The molecule has 0 unspecified atom stereocenters. The second-order valence-electron chi connectivity index (χ2n) is 3.62. The van der Waals surface area contributed by atoms with Crippen LogP contribution in [0.15, 0.2) is 19.5 Å². The van der Waals surface area contributed by atoms with Crippen LogP contribution < -0.4 is 0 Å². The third-order valence-corrected chi connectivity index (χ3v) is 3.92. The molecule has 0 N–H and O–H groups in total. The molecule has 1 rings (SSSR count). The van der Waals surface area contributed by atoms with Gasteiger partial charge in [0.2, 0.25) is 0 Å². The van der Waals surface area contributed by atoms with Crippen LogP contribution in [0.2, 0.25) is 0 Å². The number of unbranched alkanes of at least 4 members (excludes halogenated alkanes) is 1. The summed E-state index contributed by atoms with van der Waals surface area (Å²) in [6, 6.07) is 0. The molecule has 1 aliphatic heterocycles. The van der Waals surface area contributed by atoms with E-state index in [1.807, 2.05) is 0 Å². The van der Waals surface area contributed by atoms with Gasteiger partial charge in [-0.05, 0) is 49.3 Å². The topological polar surface area (TPSA) is 24.7 Å². The van der Waals surface area contributed by atoms with Gasteiger partial charge in [-0.25, -0.2) is 0 Å². The molecule has 0 atom stereocenters. The summed E-state index contributed by atoms with van der Waals surface area (Å²) in [5, 5.41) is 8.43. The second kappa shape index (κ2) is 3.85. The van der Waals surface area contributed by atoms with E-state index in [4.69, 9.17) is 0 Å². The van der Waals surface area contributed by atoms with Gasteiger partial charge in [-0.3, -0.25) is 0 Å². The summed E-state index contributed by atoms with van der Waals surface area (Å²) in [6.45, 7) is 6.42. The smallest absolute Gasteiger partial charge is 0.109 e. The number of allylic oxidation sites excluding steroid dienone is 1. The van der Waals surface area contributed by atoms with E-state index in [-0.39, 0.29) is 5.54 Å². The van der Waals surface area contributed by atoms with Gasteiger partial charge in [0.05, 0.1) is 5.70 Å². The highest BCUT2D eigenvalue weighted by Crippen LogP contribution is 2.37. The van der Waals surface area contributed by atoms with Crippen LogP contribution in [0, 0.1) is 0 Å². The van der Waals surface area contributed by atoms with Crippen LogP contribution in [0.3, 0.4) is 0 Å². The molecule has 0 aromatic carbocycles. The zero-order valence-electron chi connectivity index (χ0n) is 7.89. The van der Waals surface area contributed by atoms with Crippen molar-refractivity contribution in [3.63, 3.8) is 0 Å². The van der Waals surface area contributed by atoms with Crippen molar-refractivity contribution in [3.8, 4) is 0 Å². The molecule has 68 valence electrons. The van der Waals surface area contributed by atoms with E-state index < -0.39 is 0 Å². The first-order chi connectivity index (χ1) is 5.58. The van der Waals surface area contributed by atoms with Crippen molar-refractivity contribution in [2.45, 2.75) is 45.6 Å². The van der Waals surface area contributed by atoms with Crippen LogP contribution in [0.1, 0.15) is 40.0 Å². The average Bonchev–Trinajstić information content (AvgIpc) is 2.26. The van der Waals surface area contributed by atoms with Gasteiger partial charge in [0.25, 0.3) is 0 Å². The number of rotatable bonds is 3. The number of azo groups is 1. The Morgan fingerprint density at radius 3 is 2.50 bits per heavy atom. The third kappa shape index (κ3) is 2.06. The summed E-state index contributed by atoms with van der Waals surface area (Å²) >= 11 is 2.37. The maximum atomic E-state index is 4.23. The highest BCUT2D eigenvalue weighted by Gasteiger charge is 2.28. The molecule has 0 amide bonds. The lowest BCUT2D eigenvalue weighted by molar-refractivity contribution is 0.640. The Hall–Kier alpha value is 0.0700. The summed E-state index contributed by atoms with van der Waals surface area (Å²) in [6.07, 6.45) is 3.53. The van der Waals surface area contributed by atoms with Gasteiger partial charge < -0.3 is 0 Å². The molecule has 12 heavy (non-hydrogen) atoms. The van der Waals surface area contributed by atoms with E-state index in [0.717, 1.165) is 6.42 Å². The monoisotopic (exact) mass is 278 g/mol. The van der Waals surface area contributed by atoms with Gasteiger partial charge in [-0.1, -0.05) is 13.3 Å². The van der Waals surface area contributed by atoms with Gasteiger partial charge in [0.15, 0.2) is 0 Å². The standard InChI is InChI=1S/C9H15IN2/c1-4-5-6-7-8(10)9(2,3)12-11-7/h4-6H2,1-3H3. The molecule has 0 fully saturated rings. The average molecular weight is 278 g/mol. The zero-order chi connectivity index (χ0) is 9.19. The molecule has 0 aliphatic carbocycles. The van der Waals surface area contributed by atoms with Crippen LogP contribution in [-0.2, 0) is 0 Å². The van der Waals surface area contributed by atoms with E-state index in [2.05, 4.69) is 53.6 Å². The SMILES string of the molecule is CCCCC1=C(I)C(C)(C)N=N1. The molecular weight excluding hydrogens is 263 g/mol. The largest absolute Gasteiger partial charge is 0.177 e. The number of hydrogen-bond donors (Lipinski definition) is 0. The highest BCUT2D eigenvalue weighted by atomic mass is 127. The van der Waals surface area contributed by atoms with Crippen LogP contribution in [0.5, 0.6) is 0 Å². The lowest BCUT2D eigenvalue weighted by atomic mass is 10.1. The Morgan fingerprint density at radius 1 is 1.42 bits per heavy atom. The minimum Gasteiger partial charge on any atom is -0.177 e. The Kier molecular flexibility index (Phi) is 3.26. The molecule has 0 aromatic rings. The molecule has 0 saturated carbocycles. The highest BCUT2D eigenvalue weighted by molar-refractivity contribution is 14.1. The van der Waals surface area contributed by atoms with Crippen LogP contribution in [-0.4, -0.2) is 5.54 Å². The van der Waals surface area contributed by atoms with Gasteiger partial charge in [0.1, 0.15) is 5.54 Å². The van der Waals surface area contributed by atoms with Crippen molar-refractivity contribution in [3.05, 3.63) is 9.28 Å². The predicted octanol–water partition coefficient (Wildman–Crippen LogP) is 4.07. The summed E-state index contributed by atoms with van der Waals surface area (Å²) in [5.74, 6) is 0. The number of hydrogen-bond acceptors (Lipinski definition) is 2. The minimum atomic E-state index is -0.0519. The molecule has 0 spiro atoms. The molecule has 2 nitrogen and oxygen atoms in total. The van der Waals surface area contributed by atoms with Crippen molar-refractivity contribution in [2.24, 2.45) is 10.2 Å². The van der Waals surface area contributed by atoms with Crippen molar-refractivity contribution in [1.29, 1.82) is 0 Å². The van der Waals surface area contributed by atoms with Crippen LogP contribution in [0.25, 0.3) is 0 Å². The first-order valence-corrected chi connectivity index (χ1v) is 5.48. The fourth-order valence-electron chi connectivity index (χ4n) is 1.13. The van der Waals surface area contributed by atoms with E-state index in [1.165, 1.54) is 22.1 Å². The second-order valence-corrected chi connectivity index (χ2v) is 4.70. The van der Waals surface area contributed by atoms with E-state index in [1.54, 1.807) is 0 Å².